The summed E-state index contributed by atoms with van der Waals surface area (Å²) in [5.74, 6) is -1.48. The van der Waals surface area contributed by atoms with Gasteiger partial charge >= 0.3 is 0 Å². The first kappa shape index (κ1) is 19.8. The van der Waals surface area contributed by atoms with E-state index in [1.54, 1.807) is 10.3 Å². The Balaban J connectivity index is 1.85. The van der Waals surface area contributed by atoms with Crippen LogP contribution in [0.25, 0.3) is 0 Å². The summed E-state index contributed by atoms with van der Waals surface area (Å²) in [7, 11) is 0. The third-order valence-electron chi connectivity index (χ3n) is 3.95. The normalized spacial score (nSPS) is 13.8. The van der Waals surface area contributed by atoms with E-state index in [-0.39, 0.29) is 23.0 Å². The summed E-state index contributed by atoms with van der Waals surface area (Å²) in [5, 5.41) is 7.32. The quantitative estimate of drug-likeness (QED) is 0.712. The highest BCUT2D eigenvalue weighted by molar-refractivity contribution is 7.09. The largest absolute Gasteiger partial charge is 0.337 e. The second kappa shape index (κ2) is 9.28. The number of piperidine rings is 1. The highest BCUT2D eigenvalue weighted by atomic mass is 32.1. The molecule has 0 atom stereocenters. The molecule has 1 aliphatic heterocycles. The third kappa shape index (κ3) is 5.26. The molecule has 0 spiro atoms. The number of nitrogens with zero attached hydrogens (tertiary/aromatic N) is 2. The van der Waals surface area contributed by atoms with Crippen LogP contribution >= 0.6 is 11.3 Å². The van der Waals surface area contributed by atoms with Gasteiger partial charge in [-0.1, -0.05) is 20.1 Å². The van der Waals surface area contributed by atoms with Crippen LogP contribution in [0.3, 0.4) is 0 Å². The van der Waals surface area contributed by atoms with Crippen LogP contribution in [0.4, 0.5) is 0 Å². The van der Waals surface area contributed by atoms with Crippen molar-refractivity contribution in [1.29, 1.82) is 0 Å². The van der Waals surface area contributed by atoms with Crippen LogP contribution in [0.15, 0.2) is 29.9 Å². The van der Waals surface area contributed by atoms with Gasteiger partial charge in [-0.2, -0.15) is 0 Å². The van der Waals surface area contributed by atoms with E-state index in [0.717, 1.165) is 37.1 Å². The van der Waals surface area contributed by atoms with E-state index in [9.17, 15) is 14.4 Å². The van der Waals surface area contributed by atoms with E-state index in [1.165, 1.54) is 11.3 Å². The Morgan fingerprint density at radius 3 is 2.50 bits per heavy atom. The monoisotopic (exact) mass is 376 g/mol. The molecule has 7 nitrogen and oxygen atoms in total. The van der Waals surface area contributed by atoms with Crippen molar-refractivity contribution in [2.45, 2.75) is 39.0 Å². The van der Waals surface area contributed by atoms with Gasteiger partial charge in [-0.25, -0.2) is 4.98 Å². The molecule has 8 heteroatoms. The summed E-state index contributed by atoms with van der Waals surface area (Å²) < 4.78 is 0. The average Bonchev–Trinajstić information content (AvgIpc) is 3.10. The molecule has 1 aliphatic rings. The number of rotatable bonds is 7. The van der Waals surface area contributed by atoms with Crippen LogP contribution < -0.4 is 10.6 Å². The fourth-order valence-corrected chi connectivity index (χ4v) is 3.44. The van der Waals surface area contributed by atoms with E-state index in [1.807, 2.05) is 6.92 Å². The summed E-state index contributed by atoms with van der Waals surface area (Å²) in [6.45, 7) is 10.5. The van der Waals surface area contributed by atoms with E-state index >= 15 is 0 Å². The fourth-order valence-electron chi connectivity index (χ4n) is 2.56. The zero-order chi connectivity index (χ0) is 19.1. The Labute approximate surface area is 157 Å². The zero-order valence-electron chi connectivity index (χ0n) is 15.0. The molecule has 1 saturated heterocycles. The molecule has 140 valence electrons. The molecule has 0 bridgehead atoms. The van der Waals surface area contributed by atoms with Crippen molar-refractivity contribution in [3.05, 3.63) is 40.6 Å². The summed E-state index contributed by atoms with van der Waals surface area (Å²) in [5.41, 5.74) is 0.0643. The van der Waals surface area contributed by atoms with E-state index in [0.29, 0.717) is 13.1 Å². The van der Waals surface area contributed by atoms with Gasteiger partial charge in [0.2, 0.25) is 0 Å². The van der Waals surface area contributed by atoms with Gasteiger partial charge in [-0.3, -0.25) is 14.4 Å². The Morgan fingerprint density at radius 1 is 1.15 bits per heavy atom. The number of aromatic nitrogens is 1. The van der Waals surface area contributed by atoms with E-state index < -0.39 is 11.8 Å². The lowest BCUT2D eigenvalue weighted by Gasteiger charge is -2.27. The molecular formula is C18H24N4O3S. The summed E-state index contributed by atoms with van der Waals surface area (Å²) >= 11 is 1.40. The standard InChI is InChI=1S/C18H24N4O3S/c1-4-8-15-21-14(11-26-15)17(24)19-12(2)16(23)20-13(3)18(25)22-9-6-5-7-10-22/h11H,2-10H2,1H3,(H,19,24)(H,20,23). The molecule has 0 radical (unpaired) electrons. The number of nitrogens with one attached hydrogen (secondary N) is 2. The second-order valence-electron chi connectivity index (χ2n) is 6.09. The van der Waals surface area contributed by atoms with Crippen molar-refractivity contribution in [2.75, 3.05) is 13.1 Å². The molecule has 1 aromatic rings. The Hall–Kier alpha value is -2.48. The number of hydrogen-bond acceptors (Lipinski definition) is 5. The van der Waals surface area contributed by atoms with Crippen LogP contribution in [-0.4, -0.2) is 40.7 Å². The first-order valence-corrected chi connectivity index (χ1v) is 9.54. The van der Waals surface area contributed by atoms with Crippen LogP contribution in [0.1, 0.15) is 48.1 Å². The number of amides is 3. The molecule has 3 amide bonds. The lowest BCUT2D eigenvalue weighted by molar-refractivity contribution is -0.129. The van der Waals surface area contributed by atoms with Crippen molar-refractivity contribution in [1.82, 2.24) is 20.5 Å². The van der Waals surface area contributed by atoms with Gasteiger partial charge in [0.1, 0.15) is 5.69 Å². The average molecular weight is 376 g/mol. The minimum atomic E-state index is -0.669. The van der Waals surface area contributed by atoms with Crippen molar-refractivity contribution in [3.8, 4) is 0 Å². The Kier molecular flexibility index (Phi) is 7.08. The fraction of sp³-hybridized carbons (Fsp3) is 0.444. The predicted molar refractivity (Wildman–Crippen MR) is 100 cm³/mol. The second-order valence-corrected chi connectivity index (χ2v) is 7.04. The molecule has 0 aliphatic carbocycles. The number of likely N-dealkylation sites (tertiary alicyclic amines) is 1. The molecule has 26 heavy (non-hydrogen) atoms. The lowest BCUT2D eigenvalue weighted by atomic mass is 10.1. The smallest absolute Gasteiger partial charge is 0.275 e. The summed E-state index contributed by atoms with van der Waals surface area (Å²) in [4.78, 5) is 42.4. The first-order chi connectivity index (χ1) is 12.4. The van der Waals surface area contributed by atoms with Crippen molar-refractivity contribution in [3.63, 3.8) is 0 Å². The number of hydrogen-bond donors (Lipinski definition) is 2. The molecule has 1 aromatic heterocycles. The maximum atomic E-state index is 12.3. The van der Waals surface area contributed by atoms with Gasteiger partial charge in [0.15, 0.2) is 0 Å². The van der Waals surface area contributed by atoms with Crippen molar-refractivity contribution >= 4 is 29.1 Å². The Morgan fingerprint density at radius 2 is 1.85 bits per heavy atom. The first-order valence-electron chi connectivity index (χ1n) is 8.66. The maximum absolute atomic E-state index is 12.3. The summed E-state index contributed by atoms with van der Waals surface area (Å²) in [6.07, 6.45) is 4.74. The molecule has 1 fully saturated rings. The minimum Gasteiger partial charge on any atom is -0.337 e. The predicted octanol–water partition coefficient (Wildman–Crippen LogP) is 1.98. The van der Waals surface area contributed by atoms with Gasteiger partial charge < -0.3 is 15.5 Å². The number of aryl methyl sites for hydroxylation is 1. The third-order valence-corrected chi connectivity index (χ3v) is 4.86. The van der Waals surface area contributed by atoms with Gasteiger partial charge in [0, 0.05) is 18.5 Å². The molecule has 2 N–H and O–H groups in total. The van der Waals surface area contributed by atoms with Crippen molar-refractivity contribution in [2.24, 2.45) is 0 Å². The zero-order valence-corrected chi connectivity index (χ0v) is 15.8. The van der Waals surface area contributed by atoms with Gasteiger partial charge in [-0.15, -0.1) is 11.3 Å². The molecule has 0 aromatic carbocycles. The molecule has 0 saturated carbocycles. The minimum absolute atomic E-state index is 0.0220. The van der Waals surface area contributed by atoms with Gasteiger partial charge in [0.25, 0.3) is 17.7 Å². The number of carbonyl (C=O) groups is 3. The number of thiazole rings is 1. The summed E-state index contributed by atoms with van der Waals surface area (Å²) in [6, 6.07) is 0. The molecule has 2 rings (SSSR count). The topological polar surface area (TPSA) is 91.4 Å². The number of carbonyl (C=O) groups excluding carboxylic acids is 3. The van der Waals surface area contributed by atoms with Crippen LogP contribution in [0.5, 0.6) is 0 Å². The SMILES string of the molecule is C=C(NC(=O)c1csc(CCC)n1)C(=O)NC(=C)C(=O)N1CCCCC1. The Bertz CT molecular complexity index is 720. The lowest BCUT2D eigenvalue weighted by Crippen LogP contribution is -2.42. The molecular weight excluding hydrogens is 352 g/mol. The van der Waals surface area contributed by atoms with Crippen LogP contribution in [0.2, 0.25) is 0 Å². The molecule has 2 heterocycles. The molecule has 0 unspecified atom stereocenters. The maximum Gasteiger partial charge on any atom is 0.275 e. The van der Waals surface area contributed by atoms with E-state index in [2.05, 4.69) is 28.8 Å². The van der Waals surface area contributed by atoms with E-state index in [4.69, 9.17) is 0 Å². The van der Waals surface area contributed by atoms with Crippen molar-refractivity contribution < 1.29 is 14.4 Å². The highest BCUT2D eigenvalue weighted by Gasteiger charge is 2.22. The van der Waals surface area contributed by atoms with Crippen LogP contribution in [0, 0.1) is 0 Å². The van der Waals surface area contributed by atoms with Crippen LogP contribution in [-0.2, 0) is 16.0 Å². The highest BCUT2D eigenvalue weighted by Crippen LogP contribution is 2.12. The van der Waals surface area contributed by atoms with Gasteiger partial charge in [0.05, 0.1) is 16.4 Å². The van der Waals surface area contributed by atoms with Gasteiger partial charge in [-0.05, 0) is 32.1 Å².